The Morgan fingerprint density at radius 3 is 2.38 bits per heavy atom. The molecule has 1 aliphatic heterocycles. The van der Waals surface area contributed by atoms with Gasteiger partial charge in [0.1, 0.15) is 17.3 Å². The summed E-state index contributed by atoms with van der Waals surface area (Å²) in [5.41, 5.74) is 6.41. The van der Waals surface area contributed by atoms with Crippen molar-refractivity contribution in [1.82, 2.24) is 10.2 Å². The molecule has 1 aromatic rings. The third-order valence-corrected chi connectivity index (χ3v) is 5.16. The molecule has 1 atom stereocenters. The number of rotatable bonds is 3. The normalized spacial score (nSPS) is 20.7. The predicted octanol–water partition coefficient (Wildman–Crippen LogP) is 3.48. The lowest BCUT2D eigenvalue weighted by Crippen LogP contribution is -2.47. The van der Waals surface area contributed by atoms with Crippen molar-refractivity contribution in [1.29, 1.82) is 0 Å². The molecule has 1 aliphatic carbocycles. The van der Waals surface area contributed by atoms with Gasteiger partial charge in [-0.25, -0.2) is 4.39 Å². The van der Waals surface area contributed by atoms with E-state index in [2.05, 4.69) is 10.2 Å². The van der Waals surface area contributed by atoms with Crippen LogP contribution in [0.1, 0.15) is 43.7 Å². The highest BCUT2D eigenvalue weighted by molar-refractivity contribution is 5.85. The molecule has 0 aromatic heterocycles. The minimum Gasteiger partial charge on any atom is -0.505 e. The Morgan fingerprint density at radius 1 is 1.12 bits per heavy atom. The summed E-state index contributed by atoms with van der Waals surface area (Å²) in [6.45, 7) is 3.83. The molecule has 0 amide bonds. The Balaban J connectivity index is 0.00000144. The lowest BCUT2D eigenvalue weighted by atomic mass is 9.79. The van der Waals surface area contributed by atoms with E-state index in [0.717, 1.165) is 31.7 Å². The van der Waals surface area contributed by atoms with E-state index in [0.29, 0.717) is 5.92 Å². The van der Waals surface area contributed by atoms with Gasteiger partial charge < -0.3 is 16.2 Å². The topological polar surface area (TPSA) is 61.5 Å². The summed E-state index contributed by atoms with van der Waals surface area (Å²) in [5.74, 6) is -0.0827. The van der Waals surface area contributed by atoms with Crippen molar-refractivity contribution in [2.45, 2.75) is 38.1 Å². The smallest absolute Gasteiger partial charge is 0.149 e. The van der Waals surface area contributed by atoms with Crippen LogP contribution in [0, 0.1) is 11.7 Å². The molecule has 1 heterocycles. The van der Waals surface area contributed by atoms with Gasteiger partial charge in [-0.05, 0) is 24.8 Å². The molecule has 3 rings (SSSR count). The maximum absolute atomic E-state index is 13.6. The van der Waals surface area contributed by atoms with E-state index in [9.17, 15) is 9.50 Å². The number of piperazine rings is 1. The number of benzene rings is 1. The number of aromatic hydroxyl groups is 1. The lowest BCUT2D eigenvalue weighted by molar-refractivity contribution is 0.101. The summed E-state index contributed by atoms with van der Waals surface area (Å²) in [4.78, 5) is 2.43. The Morgan fingerprint density at radius 2 is 1.75 bits per heavy atom. The molecule has 0 radical (unpaired) electrons. The second-order valence-electron chi connectivity index (χ2n) is 6.53. The number of phenolic OH excluding ortho intramolecular Hbond substituents is 1. The fraction of sp³-hybridized carbons (Fsp3) is 0.647. The molecule has 4 nitrogen and oxygen atoms in total. The maximum Gasteiger partial charge on any atom is 0.149 e. The third-order valence-electron chi connectivity index (χ3n) is 5.16. The summed E-state index contributed by atoms with van der Waals surface area (Å²) in [5, 5.41) is 13.8. The van der Waals surface area contributed by atoms with Crippen LogP contribution in [0.25, 0.3) is 0 Å². The average Bonchev–Trinajstić information content (AvgIpc) is 2.57. The number of hydrogen-bond acceptors (Lipinski definition) is 4. The molecular weight excluding hydrogens is 352 g/mol. The van der Waals surface area contributed by atoms with Crippen molar-refractivity contribution < 1.29 is 9.50 Å². The van der Waals surface area contributed by atoms with Gasteiger partial charge in [-0.3, -0.25) is 4.90 Å². The first-order chi connectivity index (χ1) is 10.7. The van der Waals surface area contributed by atoms with Gasteiger partial charge >= 0.3 is 0 Å². The minimum absolute atomic E-state index is 0. The Kier molecular flexibility index (Phi) is 8.57. The number of phenols is 1. The first-order valence-electron chi connectivity index (χ1n) is 8.40. The molecule has 2 fully saturated rings. The SMILES string of the molecule is Cl.Cl.Nc1c(F)ccc([C@H](C2CCCCC2)N2CCNCC2)c1O. The molecule has 0 unspecified atom stereocenters. The van der Waals surface area contributed by atoms with Crippen molar-refractivity contribution in [2.75, 3.05) is 31.9 Å². The van der Waals surface area contributed by atoms with E-state index < -0.39 is 5.82 Å². The van der Waals surface area contributed by atoms with Crippen LogP contribution in [0.15, 0.2) is 12.1 Å². The number of nitrogens with two attached hydrogens (primary N) is 1. The van der Waals surface area contributed by atoms with E-state index in [4.69, 9.17) is 5.73 Å². The van der Waals surface area contributed by atoms with Crippen molar-refractivity contribution in [3.63, 3.8) is 0 Å². The standard InChI is InChI=1S/C17H26FN3O.2ClH/c18-14-7-6-13(17(22)15(14)19)16(12-4-2-1-3-5-12)21-10-8-20-9-11-21;;/h6-7,12,16,20,22H,1-5,8-11,19H2;2*1H/t16-;;/m0../s1. The van der Waals surface area contributed by atoms with Gasteiger partial charge in [-0.1, -0.05) is 25.3 Å². The van der Waals surface area contributed by atoms with Gasteiger partial charge in [0.05, 0.1) is 0 Å². The second-order valence-corrected chi connectivity index (χ2v) is 6.53. The van der Waals surface area contributed by atoms with Crippen LogP contribution in [0.4, 0.5) is 10.1 Å². The molecule has 0 spiro atoms. The minimum atomic E-state index is -0.538. The van der Waals surface area contributed by atoms with Crippen LogP contribution in [0.3, 0.4) is 0 Å². The number of nitrogens with zero attached hydrogens (tertiary/aromatic N) is 1. The number of anilines is 1. The number of nitrogen functional groups attached to an aromatic ring is 1. The first-order valence-corrected chi connectivity index (χ1v) is 8.40. The van der Waals surface area contributed by atoms with E-state index in [1.54, 1.807) is 6.07 Å². The molecule has 138 valence electrons. The van der Waals surface area contributed by atoms with Gasteiger partial charge in [-0.15, -0.1) is 24.8 Å². The predicted molar refractivity (Wildman–Crippen MR) is 101 cm³/mol. The quantitative estimate of drug-likeness (QED) is 0.555. The largest absolute Gasteiger partial charge is 0.505 e. The highest BCUT2D eigenvalue weighted by Gasteiger charge is 2.33. The van der Waals surface area contributed by atoms with E-state index in [-0.39, 0.29) is 42.3 Å². The number of halogens is 3. The summed E-state index contributed by atoms with van der Waals surface area (Å²) in [6, 6.07) is 3.26. The third kappa shape index (κ3) is 4.45. The van der Waals surface area contributed by atoms with Crippen LogP contribution >= 0.6 is 24.8 Å². The Labute approximate surface area is 155 Å². The van der Waals surface area contributed by atoms with E-state index in [1.165, 1.54) is 38.2 Å². The molecule has 7 heteroatoms. The molecule has 2 aliphatic rings. The van der Waals surface area contributed by atoms with Crippen LogP contribution in [0.2, 0.25) is 0 Å². The number of hydrogen-bond donors (Lipinski definition) is 3. The van der Waals surface area contributed by atoms with Gasteiger partial charge in [0.15, 0.2) is 0 Å². The fourth-order valence-corrected chi connectivity index (χ4v) is 4.00. The molecule has 0 bridgehead atoms. The van der Waals surface area contributed by atoms with Crippen molar-refractivity contribution in [3.05, 3.63) is 23.5 Å². The monoisotopic (exact) mass is 379 g/mol. The zero-order valence-electron chi connectivity index (χ0n) is 13.8. The summed E-state index contributed by atoms with van der Waals surface area (Å²) in [6.07, 6.45) is 6.12. The molecule has 24 heavy (non-hydrogen) atoms. The molecular formula is C17H28Cl2FN3O. The Bertz CT molecular complexity index is 503. The zero-order valence-corrected chi connectivity index (χ0v) is 15.5. The van der Waals surface area contributed by atoms with E-state index in [1.807, 2.05) is 0 Å². The molecule has 4 N–H and O–H groups in total. The van der Waals surface area contributed by atoms with Crippen LogP contribution in [0.5, 0.6) is 5.75 Å². The first kappa shape index (κ1) is 21.3. The van der Waals surface area contributed by atoms with Gasteiger partial charge in [0.25, 0.3) is 0 Å². The lowest BCUT2D eigenvalue weighted by Gasteiger charge is -2.41. The van der Waals surface area contributed by atoms with Crippen LogP contribution < -0.4 is 11.1 Å². The number of nitrogens with one attached hydrogen (secondary N) is 1. The highest BCUT2D eigenvalue weighted by atomic mass is 35.5. The van der Waals surface area contributed by atoms with Crippen LogP contribution in [-0.2, 0) is 0 Å². The summed E-state index contributed by atoms with van der Waals surface area (Å²) >= 11 is 0. The molecule has 1 aromatic carbocycles. The average molecular weight is 380 g/mol. The van der Waals surface area contributed by atoms with Crippen molar-refractivity contribution in [2.24, 2.45) is 5.92 Å². The Hall–Kier alpha value is -0.750. The highest BCUT2D eigenvalue weighted by Crippen LogP contribution is 2.43. The molecule has 1 saturated heterocycles. The van der Waals surface area contributed by atoms with Crippen LogP contribution in [-0.4, -0.2) is 36.2 Å². The summed E-state index contributed by atoms with van der Waals surface area (Å²) < 4.78 is 13.6. The fourth-order valence-electron chi connectivity index (χ4n) is 4.00. The van der Waals surface area contributed by atoms with Gasteiger partial charge in [0, 0.05) is 37.8 Å². The van der Waals surface area contributed by atoms with Crippen molar-refractivity contribution in [3.8, 4) is 5.75 Å². The maximum atomic E-state index is 13.6. The zero-order chi connectivity index (χ0) is 15.5. The molecule has 1 saturated carbocycles. The van der Waals surface area contributed by atoms with Crippen molar-refractivity contribution >= 4 is 30.5 Å². The van der Waals surface area contributed by atoms with Gasteiger partial charge in [0.2, 0.25) is 0 Å². The van der Waals surface area contributed by atoms with E-state index >= 15 is 0 Å². The summed E-state index contributed by atoms with van der Waals surface area (Å²) in [7, 11) is 0. The van der Waals surface area contributed by atoms with Gasteiger partial charge in [-0.2, -0.15) is 0 Å². The second kappa shape index (κ2) is 9.66.